The van der Waals surface area contributed by atoms with Crippen LogP contribution in [0.1, 0.15) is 70.6 Å². The van der Waals surface area contributed by atoms with Crippen LogP contribution in [0, 0.1) is 17.8 Å². The third-order valence-electron chi connectivity index (χ3n) is 7.61. The van der Waals surface area contributed by atoms with Gasteiger partial charge < -0.3 is 10.6 Å². The third kappa shape index (κ3) is 6.88. The number of para-hydroxylation sites is 1. The lowest BCUT2D eigenvalue weighted by Crippen LogP contribution is -2.40. The Balaban J connectivity index is 1.16. The number of carbonyl (C=O) groups excluding carboxylic acids is 2. The molecule has 3 aliphatic carbocycles. The van der Waals surface area contributed by atoms with Crippen molar-refractivity contribution < 1.29 is 18.0 Å². The van der Waals surface area contributed by atoms with Gasteiger partial charge in [-0.25, -0.2) is 8.42 Å². The molecule has 0 saturated heterocycles. The van der Waals surface area contributed by atoms with E-state index in [9.17, 15) is 18.0 Å². The van der Waals surface area contributed by atoms with Gasteiger partial charge in [-0.2, -0.15) is 0 Å². The molecule has 4 rings (SSSR count). The summed E-state index contributed by atoms with van der Waals surface area (Å²) in [6.07, 6.45) is 8.45. The van der Waals surface area contributed by atoms with Gasteiger partial charge in [-0.1, -0.05) is 29.3 Å². The van der Waals surface area contributed by atoms with E-state index in [2.05, 4.69) is 10.6 Å². The Morgan fingerprint density at radius 3 is 2.03 bits per heavy atom. The Morgan fingerprint density at radius 1 is 0.853 bits per heavy atom. The maximum absolute atomic E-state index is 12.7. The Hall–Kier alpha value is -1.31. The van der Waals surface area contributed by atoms with E-state index in [4.69, 9.17) is 23.2 Å². The van der Waals surface area contributed by atoms with Crippen molar-refractivity contribution in [2.75, 3.05) is 11.1 Å². The van der Waals surface area contributed by atoms with Gasteiger partial charge in [0.25, 0.3) is 0 Å². The third-order valence-corrected chi connectivity index (χ3v) is 10.7. The van der Waals surface area contributed by atoms with Crippen molar-refractivity contribution >= 4 is 50.5 Å². The number of benzene rings is 1. The van der Waals surface area contributed by atoms with Gasteiger partial charge in [-0.05, 0) is 88.2 Å². The van der Waals surface area contributed by atoms with Crippen molar-refractivity contribution in [3.63, 3.8) is 0 Å². The summed E-state index contributed by atoms with van der Waals surface area (Å²) in [5, 5.41) is 6.60. The predicted molar refractivity (Wildman–Crippen MR) is 136 cm³/mol. The second-order valence-electron chi connectivity index (χ2n) is 10.3. The van der Waals surface area contributed by atoms with Crippen LogP contribution in [-0.4, -0.2) is 37.3 Å². The zero-order chi connectivity index (χ0) is 24.3. The van der Waals surface area contributed by atoms with Crippen LogP contribution in [0.25, 0.3) is 0 Å². The van der Waals surface area contributed by atoms with Gasteiger partial charge in [0.05, 0.1) is 26.7 Å². The fraction of sp³-hybridized carbons (Fsp3) is 0.680. The van der Waals surface area contributed by atoms with Crippen molar-refractivity contribution in [2.24, 2.45) is 17.8 Å². The van der Waals surface area contributed by atoms with Crippen LogP contribution in [-0.2, 0) is 19.4 Å². The number of hydrogen-bond donors (Lipinski definition) is 2. The van der Waals surface area contributed by atoms with Crippen molar-refractivity contribution in [3.8, 4) is 0 Å². The van der Waals surface area contributed by atoms with E-state index in [0.717, 1.165) is 38.5 Å². The molecule has 1 aromatic rings. The Morgan fingerprint density at radius 2 is 1.44 bits per heavy atom. The van der Waals surface area contributed by atoms with Gasteiger partial charge in [0, 0.05) is 18.4 Å². The van der Waals surface area contributed by atoms with Crippen LogP contribution in [0.2, 0.25) is 10.0 Å². The minimum atomic E-state index is -2.98. The number of halogens is 2. The highest BCUT2D eigenvalue weighted by Gasteiger charge is 2.36. The number of amides is 2. The molecule has 9 heteroatoms. The Kier molecular flexibility index (Phi) is 8.47. The summed E-state index contributed by atoms with van der Waals surface area (Å²) in [6, 6.07) is 5.19. The number of anilines is 1. The average molecular weight is 530 g/mol. The van der Waals surface area contributed by atoms with E-state index in [0.29, 0.717) is 59.5 Å². The van der Waals surface area contributed by atoms with E-state index in [-0.39, 0.29) is 34.9 Å². The minimum absolute atomic E-state index is 0.0417. The molecular weight excluding hydrogens is 495 g/mol. The quantitative estimate of drug-likeness (QED) is 0.473. The molecule has 0 bridgehead atoms. The standard InChI is InChI=1S/C25H34Cl2N2O4S/c26-21-2-1-3-22(27)24(21)29-25(31)18-8-10-19(11-9-18)28-23(30)14-16-6-12-20(13-7-16)34(32,33)15-17-4-5-17/h1-3,16-20H,4-15H2,(H,28,30)(H,29,31). The first-order chi connectivity index (χ1) is 16.2. The van der Waals surface area contributed by atoms with Crippen molar-refractivity contribution in [1.82, 2.24) is 5.32 Å². The SMILES string of the molecule is O=C(CC1CCC(S(=O)(=O)CC2CC2)CC1)NC1CCC(C(=O)Nc2c(Cl)cccc2Cl)CC1. The molecule has 6 nitrogen and oxygen atoms in total. The van der Waals surface area contributed by atoms with Crippen molar-refractivity contribution in [2.45, 2.75) is 81.9 Å². The predicted octanol–water partition coefficient (Wildman–Crippen LogP) is 5.38. The molecule has 0 atom stereocenters. The van der Waals surface area contributed by atoms with E-state index in [1.54, 1.807) is 18.2 Å². The molecule has 1 aromatic carbocycles. The summed E-state index contributed by atoms with van der Waals surface area (Å²) in [6.45, 7) is 0. The van der Waals surface area contributed by atoms with Gasteiger partial charge in [-0.15, -0.1) is 0 Å². The molecule has 0 aromatic heterocycles. The lowest BCUT2D eigenvalue weighted by molar-refractivity contribution is -0.123. The number of nitrogens with one attached hydrogen (secondary N) is 2. The van der Waals surface area contributed by atoms with Gasteiger partial charge in [-0.3, -0.25) is 9.59 Å². The molecule has 3 aliphatic rings. The van der Waals surface area contributed by atoms with Crippen LogP contribution in [0.3, 0.4) is 0 Å². The topological polar surface area (TPSA) is 92.3 Å². The van der Waals surface area contributed by atoms with E-state index < -0.39 is 9.84 Å². The molecule has 0 spiro atoms. The first kappa shape index (κ1) is 25.8. The number of hydrogen-bond acceptors (Lipinski definition) is 4. The molecule has 2 N–H and O–H groups in total. The smallest absolute Gasteiger partial charge is 0.227 e. The van der Waals surface area contributed by atoms with Crippen molar-refractivity contribution in [3.05, 3.63) is 28.2 Å². The summed E-state index contributed by atoms with van der Waals surface area (Å²) in [4.78, 5) is 25.3. The lowest BCUT2D eigenvalue weighted by Gasteiger charge is -2.30. The van der Waals surface area contributed by atoms with Crippen LogP contribution < -0.4 is 10.6 Å². The molecule has 0 unspecified atom stereocenters. The van der Waals surface area contributed by atoms with Crippen molar-refractivity contribution in [1.29, 1.82) is 0 Å². The average Bonchev–Trinajstić information content (AvgIpc) is 3.60. The van der Waals surface area contributed by atoms with Gasteiger partial charge >= 0.3 is 0 Å². The maximum atomic E-state index is 12.7. The first-order valence-corrected chi connectivity index (χ1v) is 14.9. The normalized spacial score (nSPS) is 27.7. The molecular formula is C25H34Cl2N2O4S. The maximum Gasteiger partial charge on any atom is 0.227 e. The van der Waals surface area contributed by atoms with Crippen LogP contribution in [0.5, 0.6) is 0 Å². The molecule has 2 amide bonds. The summed E-state index contributed by atoms with van der Waals surface area (Å²) < 4.78 is 25.0. The zero-order valence-corrected chi connectivity index (χ0v) is 21.7. The van der Waals surface area contributed by atoms with E-state index in [1.807, 2.05) is 0 Å². The number of carbonyl (C=O) groups is 2. The molecule has 34 heavy (non-hydrogen) atoms. The van der Waals surface area contributed by atoms with Crippen LogP contribution in [0.4, 0.5) is 5.69 Å². The Labute approximate surface area is 212 Å². The molecule has 188 valence electrons. The van der Waals surface area contributed by atoms with Gasteiger partial charge in [0.15, 0.2) is 9.84 Å². The monoisotopic (exact) mass is 528 g/mol. The molecule has 0 aliphatic heterocycles. The molecule has 3 saturated carbocycles. The number of sulfone groups is 1. The first-order valence-electron chi connectivity index (χ1n) is 12.5. The fourth-order valence-corrected chi connectivity index (χ4v) is 8.08. The van der Waals surface area contributed by atoms with E-state index in [1.165, 1.54) is 0 Å². The summed E-state index contributed by atoms with van der Waals surface area (Å²) in [7, 11) is -2.98. The van der Waals surface area contributed by atoms with Gasteiger partial charge in [0.1, 0.15) is 0 Å². The van der Waals surface area contributed by atoms with Crippen LogP contribution in [0.15, 0.2) is 18.2 Å². The lowest BCUT2D eigenvalue weighted by atomic mass is 9.84. The number of rotatable bonds is 8. The second-order valence-corrected chi connectivity index (χ2v) is 13.5. The second kappa shape index (κ2) is 11.2. The zero-order valence-electron chi connectivity index (χ0n) is 19.4. The summed E-state index contributed by atoms with van der Waals surface area (Å²) >= 11 is 12.3. The fourth-order valence-electron chi connectivity index (χ4n) is 5.34. The van der Waals surface area contributed by atoms with E-state index >= 15 is 0 Å². The largest absolute Gasteiger partial charge is 0.353 e. The highest BCUT2D eigenvalue weighted by Crippen LogP contribution is 2.36. The molecule has 3 fully saturated rings. The Bertz CT molecular complexity index is 976. The van der Waals surface area contributed by atoms with Gasteiger partial charge in [0.2, 0.25) is 11.8 Å². The summed E-state index contributed by atoms with van der Waals surface area (Å²) in [5.74, 6) is 0.828. The minimum Gasteiger partial charge on any atom is -0.353 e. The summed E-state index contributed by atoms with van der Waals surface area (Å²) in [5.41, 5.74) is 0.446. The molecule has 0 heterocycles. The highest BCUT2D eigenvalue weighted by molar-refractivity contribution is 7.92. The highest BCUT2D eigenvalue weighted by atomic mass is 35.5. The molecule has 0 radical (unpaired) electrons. The van der Waals surface area contributed by atoms with Crippen LogP contribution >= 0.6 is 23.2 Å².